The van der Waals surface area contributed by atoms with Crippen LogP contribution in [0, 0.1) is 13.8 Å². The molecule has 0 radical (unpaired) electrons. The van der Waals surface area contributed by atoms with Crippen molar-refractivity contribution in [3.8, 4) is 11.3 Å². The van der Waals surface area contributed by atoms with Crippen LogP contribution in [-0.4, -0.2) is 48.4 Å². The van der Waals surface area contributed by atoms with Gasteiger partial charge in [0.2, 0.25) is 0 Å². The van der Waals surface area contributed by atoms with Crippen molar-refractivity contribution in [1.82, 2.24) is 9.97 Å². The molecule has 3 aromatic rings. The number of fused-ring (bicyclic) bond motifs is 4. The molecule has 1 fully saturated rings. The number of urea groups is 1. The van der Waals surface area contributed by atoms with Crippen LogP contribution in [0.25, 0.3) is 11.3 Å². The van der Waals surface area contributed by atoms with Crippen LogP contribution >= 0.6 is 11.3 Å². The molecule has 8 heteroatoms. The van der Waals surface area contributed by atoms with Gasteiger partial charge in [0.05, 0.1) is 23.1 Å². The summed E-state index contributed by atoms with van der Waals surface area (Å²) in [7, 11) is 1.76. The van der Waals surface area contributed by atoms with Crippen molar-refractivity contribution in [1.29, 1.82) is 0 Å². The van der Waals surface area contributed by atoms with Crippen LogP contribution in [0.5, 0.6) is 0 Å². The molecular formula is C23H24N6OS. The second-order valence-electron chi connectivity index (χ2n) is 7.90. The van der Waals surface area contributed by atoms with Gasteiger partial charge in [0.15, 0.2) is 10.9 Å². The van der Waals surface area contributed by atoms with Gasteiger partial charge < -0.3 is 4.90 Å². The number of rotatable bonds is 3. The summed E-state index contributed by atoms with van der Waals surface area (Å²) in [5.41, 5.74) is 4.81. The number of benzene rings is 1. The fourth-order valence-corrected chi connectivity index (χ4v) is 5.04. The number of anilines is 3. The number of nitrogens with one attached hydrogen (secondary N) is 1. The molecule has 2 aliphatic rings. The van der Waals surface area contributed by atoms with Gasteiger partial charge in [-0.1, -0.05) is 18.2 Å². The van der Waals surface area contributed by atoms with Crippen LogP contribution < -0.4 is 15.1 Å². The predicted octanol–water partition coefficient (Wildman–Crippen LogP) is 4.50. The van der Waals surface area contributed by atoms with Crippen molar-refractivity contribution in [3.05, 3.63) is 52.5 Å². The highest BCUT2D eigenvalue weighted by atomic mass is 32.1. The first-order chi connectivity index (χ1) is 15.0. The lowest BCUT2D eigenvalue weighted by molar-refractivity contribution is 0.255. The van der Waals surface area contributed by atoms with Gasteiger partial charge >= 0.3 is 6.03 Å². The Labute approximate surface area is 185 Å². The Morgan fingerprint density at radius 1 is 1.26 bits per heavy atom. The fourth-order valence-electron chi connectivity index (χ4n) is 4.24. The van der Waals surface area contributed by atoms with Crippen molar-refractivity contribution in [2.24, 2.45) is 4.99 Å². The highest BCUT2D eigenvalue weighted by Crippen LogP contribution is 2.40. The van der Waals surface area contributed by atoms with Crippen molar-refractivity contribution in [2.45, 2.75) is 26.3 Å². The van der Waals surface area contributed by atoms with Crippen LogP contribution in [0.15, 0.2) is 41.4 Å². The monoisotopic (exact) mass is 432 g/mol. The molecule has 7 nitrogen and oxygen atoms in total. The van der Waals surface area contributed by atoms with E-state index in [1.807, 2.05) is 49.2 Å². The number of hydrogen-bond acceptors (Lipinski definition) is 6. The molecule has 2 aliphatic heterocycles. The van der Waals surface area contributed by atoms with Gasteiger partial charge in [-0.2, -0.15) is 0 Å². The van der Waals surface area contributed by atoms with E-state index in [4.69, 9.17) is 4.98 Å². The molecule has 4 heterocycles. The van der Waals surface area contributed by atoms with Gasteiger partial charge in [0, 0.05) is 36.8 Å². The lowest BCUT2D eigenvalue weighted by atomic mass is 10.1. The zero-order chi connectivity index (χ0) is 21.5. The first-order valence-electron chi connectivity index (χ1n) is 10.4. The topological polar surface area (TPSA) is 73.7 Å². The summed E-state index contributed by atoms with van der Waals surface area (Å²) in [4.78, 5) is 32.1. The van der Waals surface area contributed by atoms with Crippen molar-refractivity contribution < 1.29 is 4.79 Å². The number of nitrogens with zero attached hydrogens (tertiary/aromatic N) is 5. The van der Waals surface area contributed by atoms with E-state index in [0.717, 1.165) is 52.6 Å². The second kappa shape index (κ2) is 7.77. The number of carbonyl (C=O) groups is 1. The van der Waals surface area contributed by atoms with Crippen LogP contribution in [0.1, 0.15) is 22.6 Å². The molecule has 2 amide bonds. The Balaban J connectivity index is 1.52. The van der Waals surface area contributed by atoms with Crippen molar-refractivity contribution in [2.75, 3.05) is 35.3 Å². The molecule has 0 spiro atoms. The lowest BCUT2D eigenvalue weighted by Gasteiger charge is -2.35. The average molecular weight is 433 g/mol. The number of pyridine rings is 1. The maximum absolute atomic E-state index is 13.3. The first kappa shape index (κ1) is 19.7. The van der Waals surface area contributed by atoms with Crippen LogP contribution in [0.2, 0.25) is 0 Å². The maximum atomic E-state index is 13.3. The summed E-state index contributed by atoms with van der Waals surface area (Å²) in [5, 5.41) is 3.63. The number of amides is 2. The molecule has 1 aromatic carbocycles. The quantitative estimate of drug-likeness (QED) is 0.619. The third-order valence-corrected chi connectivity index (χ3v) is 6.86. The smallest absolute Gasteiger partial charge is 0.329 e. The Kier molecular flexibility index (Phi) is 4.94. The average Bonchev–Trinajstić information content (AvgIpc) is 3.31. The van der Waals surface area contributed by atoms with E-state index in [1.165, 1.54) is 11.3 Å². The van der Waals surface area contributed by atoms with Gasteiger partial charge in [-0.3, -0.25) is 15.2 Å². The lowest BCUT2D eigenvalue weighted by Crippen LogP contribution is -2.48. The van der Waals surface area contributed by atoms with Crippen LogP contribution in [0.4, 0.5) is 21.4 Å². The Hall–Kier alpha value is -3.26. The van der Waals surface area contributed by atoms with E-state index in [0.29, 0.717) is 10.9 Å². The van der Waals surface area contributed by atoms with Gasteiger partial charge in [0.1, 0.15) is 0 Å². The van der Waals surface area contributed by atoms with E-state index in [9.17, 15) is 4.79 Å². The molecule has 2 bridgehead atoms. The predicted molar refractivity (Wildman–Crippen MR) is 127 cm³/mol. The maximum Gasteiger partial charge on any atom is 0.329 e. The Morgan fingerprint density at radius 2 is 2.13 bits per heavy atom. The molecule has 1 saturated heterocycles. The molecule has 1 atom stereocenters. The van der Waals surface area contributed by atoms with Crippen LogP contribution in [-0.2, 0) is 0 Å². The van der Waals surface area contributed by atoms with Gasteiger partial charge in [-0.15, -0.1) is 11.3 Å². The Morgan fingerprint density at radius 3 is 2.90 bits per heavy atom. The van der Waals surface area contributed by atoms with Gasteiger partial charge in [-0.05, 0) is 44.0 Å². The minimum absolute atomic E-state index is 0.107. The highest BCUT2D eigenvalue weighted by Gasteiger charge is 2.40. The molecule has 1 N–H and O–H groups in total. The number of aliphatic imine (C=N–C) groups is 1. The summed E-state index contributed by atoms with van der Waals surface area (Å²) >= 11 is 1.50. The van der Waals surface area contributed by atoms with E-state index >= 15 is 0 Å². The Bertz CT molecular complexity index is 1170. The zero-order valence-corrected chi connectivity index (χ0v) is 18.6. The molecule has 5 rings (SSSR count). The first-order valence-corrected chi connectivity index (χ1v) is 11.2. The summed E-state index contributed by atoms with van der Waals surface area (Å²) in [6, 6.07) is 12.2. The van der Waals surface area contributed by atoms with E-state index < -0.39 is 0 Å². The normalized spacial score (nSPS) is 17.3. The van der Waals surface area contributed by atoms with Gasteiger partial charge in [0.25, 0.3) is 0 Å². The van der Waals surface area contributed by atoms with E-state index in [1.54, 1.807) is 7.05 Å². The van der Waals surface area contributed by atoms with E-state index in [2.05, 4.69) is 32.3 Å². The second-order valence-corrected chi connectivity index (χ2v) is 9.10. The largest absolute Gasteiger partial charge is 0.366 e. The molecular weight excluding hydrogens is 408 g/mol. The minimum Gasteiger partial charge on any atom is -0.366 e. The summed E-state index contributed by atoms with van der Waals surface area (Å²) in [5.74, 6) is 0.711. The van der Waals surface area contributed by atoms with Crippen molar-refractivity contribution in [3.63, 3.8) is 0 Å². The summed E-state index contributed by atoms with van der Waals surface area (Å²) in [6.07, 6.45) is 2.75. The minimum atomic E-state index is -0.168. The standard InChI is InChI=1S/C23H24N6OS/c1-14-15(2)31-22(25-14)27-23(30)29-18-9-10-28(13-18)20-8-7-19(26-21(20)29)17-6-4-5-16(11-17)12-24-3/h4-8,11-12,18H,9-10,13H2,1-3H3,(H,25,27,30)/b24-12+/t18-/m0/s1. The SMILES string of the molecule is C/N=C/c1cccc(-c2ccc3c(n2)N(C(=O)Nc2nc(C)c(C)s2)[C@H]2CCN3C2)c1. The van der Waals surface area contributed by atoms with Gasteiger partial charge in [-0.25, -0.2) is 14.8 Å². The molecule has 0 unspecified atom stereocenters. The molecule has 2 aromatic heterocycles. The third-order valence-electron chi connectivity index (χ3n) is 5.87. The molecule has 0 aliphatic carbocycles. The third kappa shape index (κ3) is 3.57. The highest BCUT2D eigenvalue weighted by molar-refractivity contribution is 7.15. The molecule has 31 heavy (non-hydrogen) atoms. The molecule has 158 valence electrons. The summed E-state index contributed by atoms with van der Waals surface area (Å²) < 4.78 is 0. The zero-order valence-electron chi connectivity index (χ0n) is 17.8. The number of hydrogen-bond donors (Lipinski definition) is 1. The number of thiazole rings is 1. The summed E-state index contributed by atoms with van der Waals surface area (Å²) in [6.45, 7) is 5.73. The van der Waals surface area contributed by atoms with E-state index in [-0.39, 0.29) is 12.1 Å². The number of aromatic nitrogens is 2. The molecule has 0 saturated carbocycles. The fraction of sp³-hybridized carbons (Fsp3) is 0.304. The number of aryl methyl sites for hydroxylation is 2. The number of carbonyl (C=O) groups excluding carboxylic acids is 1. The van der Waals surface area contributed by atoms with Crippen molar-refractivity contribution >= 4 is 40.2 Å². The van der Waals surface area contributed by atoms with Crippen LogP contribution in [0.3, 0.4) is 0 Å².